The Hall–Kier alpha value is -3.09. The summed E-state index contributed by atoms with van der Waals surface area (Å²) in [6.45, 7) is 0.311. The molecule has 1 saturated heterocycles. The third kappa shape index (κ3) is 6.56. The van der Waals surface area contributed by atoms with E-state index < -0.39 is 33.9 Å². The van der Waals surface area contributed by atoms with E-state index in [1.54, 1.807) is 18.2 Å². The summed E-state index contributed by atoms with van der Waals surface area (Å²) >= 11 is 6.06. The number of aromatic nitrogens is 1. The molecule has 1 fully saturated rings. The number of anilines is 3. The molecule has 1 amide bonds. The summed E-state index contributed by atoms with van der Waals surface area (Å²) in [6, 6.07) is 11.1. The molecule has 3 N–H and O–H groups in total. The summed E-state index contributed by atoms with van der Waals surface area (Å²) < 4.78 is 71.0. The number of sulfonamides is 1. The van der Waals surface area contributed by atoms with Crippen molar-refractivity contribution in [3.63, 3.8) is 0 Å². The minimum Gasteiger partial charge on any atom is -0.379 e. The van der Waals surface area contributed by atoms with Crippen LogP contribution in [0.5, 0.6) is 0 Å². The van der Waals surface area contributed by atoms with Crippen molar-refractivity contribution in [3.05, 3.63) is 59.2 Å². The Kier molecular flexibility index (Phi) is 7.30. The number of nitrogens with one attached hydrogen (secondary N) is 3. The molecule has 0 spiro atoms. The molecule has 4 rings (SSSR count). The lowest BCUT2D eigenvalue weighted by molar-refractivity contribution is -0.140. The first-order valence-corrected chi connectivity index (χ1v) is 13.0. The van der Waals surface area contributed by atoms with Gasteiger partial charge in [0.2, 0.25) is 15.9 Å². The third-order valence-electron chi connectivity index (χ3n) is 5.43. The van der Waals surface area contributed by atoms with Gasteiger partial charge in [-0.2, -0.15) is 13.2 Å². The van der Waals surface area contributed by atoms with Gasteiger partial charge in [-0.3, -0.25) is 9.52 Å². The molecule has 0 saturated carbocycles. The standard InChI is InChI=1S/C23H22ClF3N4O4S/c1-36(33,34)31-16-4-2-3-15(9-16)29-22(32)13-7-17(12-35-11-13)28-20-10-21(23(25,26)27)30-19-6-5-14(24)8-18(19)20/h2-6,8-10,13,17,31H,7,11-12H2,1H3,(H,28,30)(H,29,32)/t13?,17-/m1/s1. The van der Waals surface area contributed by atoms with Crippen LogP contribution < -0.4 is 15.4 Å². The highest BCUT2D eigenvalue weighted by Gasteiger charge is 2.34. The lowest BCUT2D eigenvalue weighted by Gasteiger charge is -2.30. The minimum absolute atomic E-state index is 0.127. The van der Waals surface area contributed by atoms with Crippen LogP contribution >= 0.6 is 11.6 Å². The predicted molar refractivity (Wildman–Crippen MR) is 132 cm³/mol. The fraction of sp³-hybridized carbons (Fsp3) is 0.304. The second-order valence-corrected chi connectivity index (χ2v) is 10.7. The van der Waals surface area contributed by atoms with Crippen LogP contribution in [0.2, 0.25) is 5.02 Å². The molecular weight excluding hydrogens is 521 g/mol. The summed E-state index contributed by atoms with van der Waals surface area (Å²) in [5.41, 5.74) is -0.0606. The molecule has 0 bridgehead atoms. The first-order valence-electron chi connectivity index (χ1n) is 10.8. The summed E-state index contributed by atoms with van der Waals surface area (Å²) in [4.78, 5) is 16.6. The summed E-state index contributed by atoms with van der Waals surface area (Å²) in [6.07, 6.45) is -3.34. The number of halogens is 4. The monoisotopic (exact) mass is 542 g/mol. The van der Waals surface area contributed by atoms with Gasteiger partial charge in [0.05, 0.1) is 42.6 Å². The van der Waals surface area contributed by atoms with Crippen LogP contribution in [-0.4, -0.2) is 44.8 Å². The van der Waals surface area contributed by atoms with Gasteiger partial charge >= 0.3 is 6.18 Å². The average molecular weight is 543 g/mol. The smallest absolute Gasteiger partial charge is 0.379 e. The maximum atomic E-state index is 13.4. The Morgan fingerprint density at radius 1 is 1.11 bits per heavy atom. The molecule has 8 nitrogen and oxygen atoms in total. The van der Waals surface area contributed by atoms with Gasteiger partial charge in [-0.05, 0) is 48.9 Å². The molecule has 192 valence electrons. The first kappa shape index (κ1) is 26.0. The number of benzene rings is 2. The van der Waals surface area contributed by atoms with E-state index in [1.165, 1.54) is 24.3 Å². The fourth-order valence-electron chi connectivity index (χ4n) is 3.92. The molecule has 2 atom stereocenters. The minimum atomic E-state index is -4.64. The second-order valence-electron chi connectivity index (χ2n) is 8.47. The van der Waals surface area contributed by atoms with Gasteiger partial charge in [0.1, 0.15) is 5.69 Å². The molecule has 2 aromatic carbocycles. The maximum absolute atomic E-state index is 13.4. The Bertz CT molecular complexity index is 1400. The number of nitrogens with zero attached hydrogens (tertiary/aromatic N) is 1. The van der Waals surface area contributed by atoms with Crippen LogP contribution in [-0.2, 0) is 25.7 Å². The number of fused-ring (bicyclic) bond motifs is 1. The normalized spacial score (nSPS) is 18.6. The first-order chi connectivity index (χ1) is 16.9. The van der Waals surface area contributed by atoms with Crippen LogP contribution in [0.25, 0.3) is 10.9 Å². The Morgan fingerprint density at radius 2 is 1.86 bits per heavy atom. The molecule has 1 aliphatic rings. The molecule has 13 heteroatoms. The van der Waals surface area contributed by atoms with E-state index in [1.807, 2.05) is 0 Å². The second kappa shape index (κ2) is 10.1. The van der Waals surface area contributed by atoms with Gasteiger partial charge in [0, 0.05) is 21.8 Å². The summed E-state index contributed by atoms with van der Waals surface area (Å²) in [5.74, 6) is -0.960. The number of hydrogen-bond donors (Lipinski definition) is 3. The van der Waals surface area contributed by atoms with Crippen molar-refractivity contribution in [1.82, 2.24) is 4.98 Å². The highest BCUT2D eigenvalue weighted by molar-refractivity contribution is 7.92. The van der Waals surface area contributed by atoms with E-state index in [2.05, 4.69) is 20.3 Å². The molecule has 36 heavy (non-hydrogen) atoms. The van der Waals surface area contributed by atoms with E-state index in [9.17, 15) is 26.4 Å². The molecule has 0 aliphatic carbocycles. The lowest BCUT2D eigenvalue weighted by atomic mass is 9.97. The van der Waals surface area contributed by atoms with E-state index in [4.69, 9.17) is 16.3 Å². The summed E-state index contributed by atoms with van der Waals surface area (Å²) in [5, 5.41) is 6.56. The zero-order valence-corrected chi connectivity index (χ0v) is 20.5. The zero-order valence-electron chi connectivity index (χ0n) is 18.9. The number of carbonyl (C=O) groups is 1. The van der Waals surface area contributed by atoms with Crippen molar-refractivity contribution < 1.29 is 31.1 Å². The fourth-order valence-corrected chi connectivity index (χ4v) is 4.64. The number of pyridine rings is 1. The van der Waals surface area contributed by atoms with E-state index in [-0.39, 0.29) is 30.3 Å². The number of rotatable bonds is 6. The third-order valence-corrected chi connectivity index (χ3v) is 6.27. The van der Waals surface area contributed by atoms with Gasteiger partial charge in [-0.1, -0.05) is 17.7 Å². The topological polar surface area (TPSA) is 109 Å². The van der Waals surface area contributed by atoms with E-state index >= 15 is 0 Å². The Morgan fingerprint density at radius 3 is 2.58 bits per heavy atom. The highest BCUT2D eigenvalue weighted by Crippen LogP contribution is 2.35. The molecule has 3 aromatic rings. The van der Waals surface area contributed by atoms with Crippen molar-refractivity contribution in [2.24, 2.45) is 5.92 Å². The van der Waals surface area contributed by atoms with Gasteiger partial charge in [0.15, 0.2) is 0 Å². The van der Waals surface area contributed by atoms with Gasteiger partial charge in [-0.25, -0.2) is 13.4 Å². The molecular formula is C23H22ClF3N4O4S. The Balaban J connectivity index is 1.50. The number of alkyl halides is 3. The lowest BCUT2D eigenvalue weighted by Crippen LogP contribution is -2.40. The van der Waals surface area contributed by atoms with Crippen molar-refractivity contribution in [1.29, 1.82) is 0 Å². The van der Waals surface area contributed by atoms with Gasteiger partial charge in [0.25, 0.3) is 0 Å². The molecule has 0 radical (unpaired) electrons. The van der Waals surface area contributed by atoms with Crippen LogP contribution in [0.15, 0.2) is 48.5 Å². The highest BCUT2D eigenvalue weighted by atomic mass is 35.5. The van der Waals surface area contributed by atoms with Gasteiger partial charge < -0.3 is 15.4 Å². The molecule has 1 aliphatic heterocycles. The van der Waals surface area contributed by atoms with Crippen LogP contribution in [0.3, 0.4) is 0 Å². The van der Waals surface area contributed by atoms with Gasteiger partial charge in [-0.15, -0.1) is 0 Å². The van der Waals surface area contributed by atoms with E-state index in [0.717, 1.165) is 12.3 Å². The zero-order chi connectivity index (χ0) is 26.1. The Labute approximate surface area is 210 Å². The maximum Gasteiger partial charge on any atom is 0.433 e. The number of hydrogen-bond acceptors (Lipinski definition) is 6. The average Bonchev–Trinajstić information content (AvgIpc) is 2.78. The summed E-state index contributed by atoms with van der Waals surface area (Å²) in [7, 11) is -3.48. The quantitative estimate of drug-likeness (QED) is 0.415. The van der Waals surface area contributed by atoms with Crippen molar-refractivity contribution >= 4 is 55.5 Å². The number of carbonyl (C=O) groups excluding carboxylic acids is 1. The largest absolute Gasteiger partial charge is 0.433 e. The molecule has 1 unspecified atom stereocenters. The number of ether oxygens (including phenoxy) is 1. The SMILES string of the molecule is CS(=O)(=O)Nc1cccc(NC(=O)C2COC[C@H](Nc3cc(C(F)(F)F)nc4ccc(Cl)cc34)C2)c1. The van der Waals surface area contributed by atoms with Crippen molar-refractivity contribution in [2.45, 2.75) is 18.6 Å². The van der Waals surface area contributed by atoms with Crippen molar-refractivity contribution in [2.75, 3.05) is 34.8 Å². The van der Waals surface area contributed by atoms with E-state index in [0.29, 0.717) is 28.2 Å². The van der Waals surface area contributed by atoms with Crippen molar-refractivity contribution in [3.8, 4) is 0 Å². The predicted octanol–water partition coefficient (Wildman–Crippen LogP) is 4.73. The molecule has 2 heterocycles. The van der Waals surface area contributed by atoms with Crippen LogP contribution in [0.4, 0.5) is 30.2 Å². The van der Waals surface area contributed by atoms with Crippen LogP contribution in [0, 0.1) is 5.92 Å². The number of amides is 1. The van der Waals surface area contributed by atoms with Crippen LogP contribution in [0.1, 0.15) is 12.1 Å². The molecule has 1 aromatic heterocycles.